The average molecular weight is 421 g/mol. The van der Waals surface area contributed by atoms with E-state index in [0.717, 1.165) is 25.0 Å². The topological polar surface area (TPSA) is 105 Å². The number of nitrogens with one attached hydrogen (secondary N) is 2. The van der Waals surface area contributed by atoms with Crippen molar-refractivity contribution in [3.8, 4) is 0 Å². The Kier molecular flexibility index (Phi) is 6.79. The van der Waals surface area contributed by atoms with Gasteiger partial charge >= 0.3 is 0 Å². The second kappa shape index (κ2) is 9.13. The first-order valence-corrected chi connectivity index (χ1v) is 11.1. The number of rotatable bonds is 6. The van der Waals surface area contributed by atoms with E-state index in [2.05, 4.69) is 24.5 Å². The van der Waals surface area contributed by atoms with Crippen LogP contribution >= 0.6 is 11.8 Å². The molecule has 2 fully saturated rings. The molecule has 8 nitrogen and oxygen atoms in total. The van der Waals surface area contributed by atoms with Crippen LogP contribution < -0.4 is 10.6 Å². The highest BCUT2D eigenvalue weighted by atomic mass is 32.2. The van der Waals surface area contributed by atoms with Gasteiger partial charge in [-0.05, 0) is 24.8 Å². The predicted octanol–water partition coefficient (Wildman–Crippen LogP) is 2.39. The molecule has 0 aromatic heterocycles. The Balaban J connectivity index is 1.54. The van der Waals surface area contributed by atoms with Gasteiger partial charge < -0.3 is 10.2 Å². The van der Waals surface area contributed by atoms with Gasteiger partial charge in [-0.2, -0.15) is 0 Å². The summed E-state index contributed by atoms with van der Waals surface area (Å²) < 4.78 is 0. The Morgan fingerprint density at radius 3 is 2.79 bits per heavy atom. The quantitative estimate of drug-likeness (QED) is 0.541. The summed E-state index contributed by atoms with van der Waals surface area (Å²) >= 11 is 1.76. The molecule has 2 atom stereocenters. The highest BCUT2D eigenvalue weighted by Crippen LogP contribution is 2.39. The Hall–Kier alpha value is -2.13. The van der Waals surface area contributed by atoms with Crippen LogP contribution in [0.2, 0.25) is 0 Å². The maximum Gasteiger partial charge on any atom is 0.270 e. The summed E-state index contributed by atoms with van der Waals surface area (Å²) in [5, 5.41) is 17.5. The van der Waals surface area contributed by atoms with E-state index in [1.807, 2.05) is 0 Å². The number of nitro benzene ring substituents is 1. The van der Waals surface area contributed by atoms with E-state index in [-0.39, 0.29) is 28.4 Å². The largest absolute Gasteiger partial charge is 0.354 e. The monoisotopic (exact) mass is 420 g/mol. The lowest BCUT2D eigenvalue weighted by molar-refractivity contribution is -0.384. The Morgan fingerprint density at radius 2 is 2.14 bits per heavy atom. The predicted molar refractivity (Wildman–Crippen MR) is 113 cm³/mol. The molecule has 2 heterocycles. The second-order valence-corrected chi connectivity index (χ2v) is 9.26. The third-order valence-corrected chi connectivity index (χ3v) is 7.34. The zero-order valence-corrected chi connectivity index (χ0v) is 17.7. The van der Waals surface area contributed by atoms with Crippen molar-refractivity contribution >= 4 is 29.3 Å². The summed E-state index contributed by atoms with van der Waals surface area (Å²) in [5.41, 5.74) is 0.257. The van der Waals surface area contributed by atoms with Gasteiger partial charge in [0.15, 0.2) is 0 Å². The number of piperidine rings is 1. The summed E-state index contributed by atoms with van der Waals surface area (Å²) in [6, 6.07) is 5.65. The van der Waals surface area contributed by atoms with Crippen molar-refractivity contribution in [1.82, 2.24) is 15.5 Å². The molecule has 29 heavy (non-hydrogen) atoms. The molecule has 1 spiro atoms. The van der Waals surface area contributed by atoms with Crippen molar-refractivity contribution in [2.75, 3.05) is 25.4 Å². The van der Waals surface area contributed by atoms with Crippen LogP contribution in [0.25, 0.3) is 0 Å². The van der Waals surface area contributed by atoms with Gasteiger partial charge in [0, 0.05) is 43.1 Å². The number of likely N-dealkylation sites (tertiary alicyclic amines) is 1. The molecule has 1 aromatic rings. The van der Waals surface area contributed by atoms with Crippen molar-refractivity contribution in [3.05, 3.63) is 39.9 Å². The zero-order valence-electron chi connectivity index (χ0n) is 16.8. The molecule has 2 aliphatic rings. The number of hydrogen-bond donors (Lipinski definition) is 2. The van der Waals surface area contributed by atoms with E-state index in [1.54, 1.807) is 22.7 Å². The van der Waals surface area contributed by atoms with E-state index >= 15 is 0 Å². The van der Waals surface area contributed by atoms with Crippen LogP contribution in [0.4, 0.5) is 5.69 Å². The van der Waals surface area contributed by atoms with E-state index < -0.39 is 4.92 Å². The van der Waals surface area contributed by atoms with Crippen LogP contribution in [-0.2, 0) is 4.79 Å². The van der Waals surface area contributed by atoms with Crippen molar-refractivity contribution in [2.24, 2.45) is 5.92 Å². The third-order valence-electron chi connectivity index (χ3n) is 5.76. The lowest BCUT2D eigenvalue weighted by Crippen LogP contribution is -2.54. The standard InChI is InChI=1S/C20H28N4O4S/c1-3-14(2)12-21-18(25)17-13-29-20(22-17)7-9-23(10-8-20)19(26)15-5-4-6-16(11-15)24(27)28/h4-6,11,14,17,22H,3,7-10,12-13H2,1-2H3,(H,21,25). The van der Waals surface area contributed by atoms with Crippen LogP contribution in [0.1, 0.15) is 43.5 Å². The number of carbonyl (C=O) groups excluding carboxylic acids is 2. The number of nitro groups is 1. The molecule has 2 N–H and O–H groups in total. The van der Waals surface area contributed by atoms with E-state index in [1.165, 1.54) is 18.2 Å². The molecule has 0 aliphatic carbocycles. The van der Waals surface area contributed by atoms with Gasteiger partial charge in [0.25, 0.3) is 11.6 Å². The van der Waals surface area contributed by atoms with E-state index in [0.29, 0.717) is 31.1 Å². The molecular formula is C20H28N4O4S. The molecule has 158 valence electrons. The lowest BCUT2D eigenvalue weighted by Gasteiger charge is -2.39. The number of thioether (sulfide) groups is 1. The molecule has 9 heteroatoms. The van der Waals surface area contributed by atoms with Gasteiger partial charge in [-0.15, -0.1) is 11.8 Å². The van der Waals surface area contributed by atoms with Crippen LogP contribution in [0.3, 0.4) is 0 Å². The first-order valence-electron chi connectivity index (χ1n) is 10.1. The van der Waals surface area contributed by atoms with Gasteiger partial charge in [0.05, 0.1) is 15.8 Å². The minimum Gasteiger partial charge on any atom is -0.354 e. The molecule has 2 unspecified atom stereocenters. The van der Waals surface area contributed by atoms with Crippen LogP contribution in [0, 0.1) is 16.0 Å². The van der Waals surface area contributed by atoms with E-state index in [9.17, 15) is 19.7 Å². The third kappa shape index (κ3) is 5.08. The van der Waals surface area contributed by atoms with Crippen molar-refractivity contribution in [3.63, 3.8) is 0 Å². The number of benzene rings is 1. The highest BCUT2D eigenvalue weighted by Gasteiger charge is 2.44. The molecular weight excluding hydrogens is 392 g/mol. The second-order valence-electron chi connectivity index (χ2n) is 7.86. The summed E-state index contributed by atoms with van der Waals surface area (Å²) in [7, 11) is 0. The number of non-ortho nitro benzene ring substituents is 1. The maximum atomic E-state index is 12.7. The number of hydrogen-bond acceptors (Lipinski definition) is 6. The summed E-state index contributed by atoms with van der Waals surface area (Å²) in [4.78, 5) is 37.2. The van der Waals surface area contributed by atoms with Crippen LogP contribution in [0.5, 0.6) is 0 Å². The molecule has 0 radical (unpaired) electrons. The minimum atomic E-state index is -0.493. The fourth-order valence-corrected chi connectivity index (χ4v) is 5.04. The zero-order chi connectivity index (χ0) is 21.0. The normalized spacial score (nSPS) is 21.7. The van der Waals surface area contributed by atoms with Crippen molar-refractivity contribution < 1.29 is 14.5 Å². The molecule has 2 aliphatic heterocycles. The molecule has 0 saturated carbocycles. The van der Waals surface area contributed by atoms with Crippen molar-refractivity contribution in [1.29, 1.82) is 0 Å². The highest BCUT2D eigenvalue weighted by molar-refractivity contribution is 8.01. The van der Waals surface area contributed by atoms with E-state index in [4.69, 9.17) is 0 Å². The number of amides is 2. The number of nitrogens with zero attached hydrogens (tertiary/aromatic N) is 2. The van der Waals surface area contributed by atoms with Gasteiger partial charge in [-0.25, -0.2) is 0 Å². The molecule has 0 bridgehead atoms. The van der Waals surface area contributed by atoms with Gasteiger partial charge in [-0.3, -0.25) is 25.0 Å². The van der Waals surface area contributed by atoms with Crippen molar-refractivity contribution in [2.45, 2.75) is 44.0 Å². The Morgan fingerprint density at radius 1 is 1.41 bits per heavy atom. The average Bonchev–Trinajstić information content (AvgIpc) is 3.15. The summed E-state index contributed by atoms with van der Waals surface area (Å²) in [5.74, 6) is 1.05. The summed E-state index contributed by atoms with van der Waals surface area (Å²) in [6.45, 7) is 6.03. The maximum absolute atomic E-state index is 12.7. The molecule has 3 rings (SSSR count). The Labute approximate surface area is 174 Å². The molecule has 1 aromatic carbocycles. The first-order chi connectivity index (χ1) is 13.8. The minimum absolute atomic E-state index is 0.0461. The fraction of sp³-hybridized carbons (Fsp3) is 0.600. The Bertz CT molecular complexity index is 779. The van der Waals surface area contributed by atoms with Gasteiger partial charge in [0.2, 0.25) is 5.91 Å². The number of carbonyl (C=O) groups is 2. The van der Waals surface area contributed by atoms with Gasteiger partial charge in [0.1, 0.15) is 0 Å². The van der Waals surface area contributed by atoms with Gasteiger partial charge in [-0.1, -0.05) is 26.3 Å². The fourth-order valence-electron chi connectivity index (χ4n) is 3.62. The van der Waals surface area contributed by atoms with Crippen LogP contribution in [-0.4, -0.2) is 57.9 Å². The molecule has 2 amide bonds. The SMILES string of the molecule is CCC(C)CNC(=O)C1CSC2(CCN(C(=O)c3cccc([N+](=O)[O-])c3)CC2)N1. The smallest absolute Gasteiger partial charge is 0.270 e. The first kappa shape index (κ1) is 21.6. The summed E-state index contributed by atoms with van der Waals surface area (Å²) in [6.07, 6.45) is 2.52. The lowest BCUT2D eigenvalue weighted by atomic mass is 10.0. The van der Waals surface area contributed by atoms with Crippen LogP contribution in [0.15, 0.2) is 24.3 Å². The molecule has 2 saturated heterocycles.